The second-order valence-corrected chi connectivity index (χ2v) is 10.3. The van der Waals surface area contributed by atoms with Gasteiger partial charge in [-0.1, -0.05) is 0 Å². The number of hydrogen-bond donors (Lipinski definition) is 6. The van der Waals surface area contributed by atoms with Crippen molar-refractivity contribution in [3.05, 3.63) is 86.1 Å². The molecule has 0 aliphatic heterocycles. The van der Waals surface area contributed by atoms with Crippen LogP contribution in [-0.4, -0.2) is 55.7 Å². The van der Waals surface area contributed by atoms with Gasteiger partial charge in [-0.2, -0.15) is 16.8 Å². The summed E-state index contributed by atoms with van der Waals surface area (Å²) in [5.74, 6) is -1.14. The fourth-order valence-electron chi connectivity index (χ4n) is 3.25. The third-order valence-corrected chi connectivity index (χ3v) is 6.80. The Morgan fingerprint density at radius 1 is 0.649 bits per heavy atom. The maximum absolute atomic E-state index is 12.3. The molecule has 0 aliphatic carbocycles. The average molecular weight is 549 g/mol. The first kappa shape index (κ1) is 25.5. The van der Waals surface area contributed by atoms with E-state index in [0.717, 1.165) is 45.8 Å². The fourth-order valence-corrected chi connectivity index (χ4v) is 4.21. The number of rotatable bonds is 6. The number of H-pyrrole nitrogens is 2. The van der Waals surface area contributed by atoms with Gasteiger partial charge in [0, 0.05) is 0 Å². The van der Waals surface area contributed by atoms with E-state index >= 15 is 0 Å². The van der Waals surface area contributed by atoms with Crippen LogP contribution in [0.1, 0.15) is 11.1 Å². The van der Waals surface area contributed by atoms with E-state index in [-0.39, 0.29) is 32.3 Å². The van der Waals surface area contributed by atoms with Gasteiger partial charge in [0.25, 0.3) is 31.4 Å². The van der Waals surface area contributed by atoms with Gasteiger partial charge in [0.05, 0.1) is 21.2 Å². The molecule has 0 bridgehead atoms. The van der Waals surface area contributed by atoms with Crippen LogP contribution in [0.2, 0.25) is 0 Å². The first-order valence-corrected chi connectivity index (χ1v) is 12.8. The number of nitrogens with zero attached hydrogens (tertiary/aromatic N) is 2. The minimum absolute atomic E-state index is 0.164. The Hall–Kier alpha value is -4.60. The molecule has 4 rings (SSSR count). The molecule has 0 amide bonds. The first-order chi connectivity index (χ1) is 17.3. The van der Waals surface area contributed by atoms with Crippen LogP contribution >= 0.6 is 0 Å². The number of aromatic amines is 2. The highest BCUT2D eigenvalue weighted by atomic mass is 32.2. The number of aromatic nitrogens is 4. The summed E-state index contributed by atoms with van der Waals surface area (Å²) in [4.78, 5) is 23.8. The molecule has 2 aromatic heterocycles. The van der Waals surface area contributed by atoms with Crippen LogP contribution < -0.4 is 11.1 Å². The molecular formula is C21H16N4O10S2. The van der Waals surface area contributed by atoms with Crippen LogP contribution in [-0.2, 0) is 20.2 Å². The zero-order valence-corrected chi connectivity index (χ0v) is 19.9. The second-order valence-electron chi connectivity index (χ2n) is 7.42. The van der Waals surface area contributed by atoms with Crippen molar-refractivity contribution >= 4 is 32.4 Å². The van der Waals surface area contributed by atoms with Crippen molar-refractivity contribution in [3.63, 3.8) is 0 Å². The molecule has 6 N–H and O–H groups in total. The summed E-state index contributed by atoms with van der Waals surface area (Å²) in [7, 11) is -8.87. The molecule has 0 saturated carbocycles. The normalized spacial score (nSPS) is 11.7. The second kappa shape index (κ2) is 9.12. The minimum Gasteiger partial charge on any atom is -0.493 e. The molecule has 2 aromatic carbocycles. The van der Waals surface area contributed by atoms with Crippen molar-refractivity contribution in [2.24, 2.45) is 0 Å². The van der Waals surface area contributed by atoms with Crippen LogP contribution in [0.5, 0.6) is 11.8 Å². The van der Waals surface area contributed by atoms with Crippen LogP contribution in [0, 0.1) is 0 Å². The molecule has 4 aromatic rings. The van der Waals surface area contributed by atoms with Gasteiger partial charge in [-0.25, -0.2) is 9.36 Å². The van der Waals surface area contributed by atoms with Gasteiger partial charge in [-0.05, 0) is 60.7 Å². The van der Waals surface area contributed by atoms with Crippen LogP contribution in [0.4, 0.5) is 0 Å². The lowest BCUT2D eigenvalue weighted by Crippen LogP contribution is -2.06. The van der Waals surface area contributed by atoms with E-state index in [9.17, 15) is 36.6 Å². The van der Waals surface area contributed by atoms with Crippen molar-refractivity contribution in [3.8, 4) is 23.1 Å². The number of aromatic hydroxyl groups is 2. The zero-order chi connectivity index (χ0) is 27.1. The first-order valence-electron chi connectivity index (χ1n) is 9.93. The molecule has 0 aliphatic rings. The van der Waals surface area contributed by atoms with Crippen molar-refractivity contribution in [2.75, 3.05) is 0 Å². The van der Waals surface area contributed by atoms with Crippen LogP contribution in [0.3, 0.4) is 0 Å². The molecule has 0 saturated heterocycles. The van der Waals surface area contributed by atoms with Crippen LogP contribution in [0.25, 0.3) is 23.5 Å². The van der Waals surface area contributed by atoms with E-state index in [4.69, 9.17) is 9.11 Å². The summed E-state index contributed by atoms with van der Waals surface area (Å²) in [5.41, 5.74) is 0.776. The minimum atomic E-state index is -4.43. The van der Waals surface area contributed by atoms with Crippen molar-refractivity contribution < 1.29 is 36.2 Å². The van der Waals surface area contributed by atoms with Crippen molar-refractivity contribution in [1.82, 2.24) is 19.6 Å². The lowest BCUT2D eigenvalue weighted by Gasteiger charge is -2.05. The van der Waals surface area contributed by atoms with E-state index in [1.165, 1.54) is 24.3 Å². The quantitative estimate of drug-likeness (QED) is 0.147. The van der Waals surface area contributed by atoms with Gasteiger partial charge in [0.1, 0.15) is 11.1 Å². The van der Waals surface area contributed by atoms with Gasteiger partial charge in [0.2, 0.25) is 11.8 Å². The van der Waals surface area contributed by atoms with E-state index in [1.807, 2.05) is 0 Å². The molecule has 0 spiro atoms. The molecule has 37 heavy (non-hydrogen) atoms. The lowest BCUT2D eigenvalue weighted by atomic mass is 10.2. The highest BCUT2D eigenvalue weighted by Gasteiger charge is 2.16. The summed E-state index contributed by atoms with van der Waals surface area (Å²) in [6.07, 6.45) is 2.07. The highest BCUT2D eigenvalue weighted by Crippen LogP contribution is 2.22. The molecule has 16 heteroatoms. The van der Waals surface area contributed by atoms with E-state index < -0.39 is 43.1 Å². The number of benzene rings is 2. The predicted octanol–water partition coefficient (Wildman–Crippen LogP) is 0.875. The standard InChI is InChI=1S/C21H16N4O10S2/c26-18-16(20(28)24(22-18)12-4-8-14(9-5-12)36(30,31)32)2-1-3-17-19(27)23-25(21(17)29)13-6-10-15(11-7-13)37(33,34)35/h2-11,28-29H,(H,22,26)(H,23,27)(H,30,31,32)(H,33,34,35). The summed E-state index contributed by atoms with van der Waals surface area (Å²) >= 11 is 0. The van der Waals surface area contributed by atoms with Crippen molar-refractivity contribution in [2.45, 2.75) is 9.79 Å². The zero-order valence-electron chi connectivity index (χ0n) is 18.2. The molecule has 0 atom stereocenters. The lowest BCUT2D eigenvalue weighted by molar-refractivity contribution is 0.432. The number of nitrogens with one attached hydrogen (secondary N) is 2. The van der Waals surface area contributed by atoms with E-state index in [1.54, 1.807) is 0 Å². The van der Waals surface area contributed by atoms with Crippen molar-refractivity contribution in [1.29, 1.82) is 0 Å². The molecule has 0 radical (unpaired) electrons. The third kappa shape index (κ3) is 5.04. The van der Waals surface area contributed by atoms with E-state index in [0.29, 0.717) is 0 Å². The summed E-state index contributed by atoms with van der Waals surface area (Å²) in [6, 6.07) is 9.16. The molecular weight excluding hydrogens is 532 g/mol. The summed E-state index contributed by atoms with van der Waals surface area (Å²) < 4.78 is 64.7. The average Bonchev–Trinajstić information content (AvgIpc) is 3.28. The Kier molecular flexibility index (Phi) is 6.29. The van der Waals surface area contributed by atoms with Gasteiger partial charge in [-0.15, -0.1) is 5.73 Å². The molecule has 2 heterocycles. The van der Waals surface area contributed by atoms with Gasteiger partial charge in [0.15, 0.2) is 0 Å². The Morgan fingerprint density at radius 2 is 0.973 bits per heavy atom. The van der Waals surface area contributed by atoms with E-state index in [2.05, 4.69) is 15.9 Å². The Morgan fingerprint density at radius 3 is 1.27 bits per heavy atom. The maximum atomic E-state index is 12.3. The Balaban J connectivity index is 1.66. The fraction of sp³-hybridized carbons (Fsp3) is 0. The Bertz CT molecular complexity index is 1760. The molecule has 192 valence electrons. The van der Waals surface area contributed by atoms with Gasteiger partial charge >= 0.3 is 0 Å². The predicted molar refractivity (Wildman–Crippen MR) is 128 cm³/mol. The molecule has 0 fully saturated rings. The molecule has 14 nitrogen and oxygen atoms in total. The van der Waals surface area contributed by atoms with Crippen LogP contribution in [0.15, 0.2) is 73.6 Å². The highest BCUT2D eigenvalue weighted by molar-refractivity contribution is 7.86. The summed E-state index contributed by atoms with van der Waals surface area (Å²) in [5, 5.41) is 25.5. The monoisotopic (exact) mass is 548 g/mol. The summed E-state index contributed by atoms with van der Waals surface area (Å²) in [6.45, 7) is 0. The Labute approximate surface area is 207 Å². The smallest absolute Gasteiger partial charge is 0.294 e. The molecule has 0 unspecified atom stereocenters. The van der Waals surface area contributed by atoms with Gasteiger partial charge < -0.3 is 10.2 Å². The topological polar surface area (TPSA) is 225 Å². The number of hydrogen-bond acceptors (Lipinski definition) is 8. The SMILES string of the molecule is O=c1[nH]n(-c2ccc(S(=O)(=O)O)cc2)c(O)c1C=C=Cc1c(O)n(-c2ccc(S(=O)(=O)O)cc2)[nH]c1=O. The maximum Gasteiger partial charge on any atom is 0.294 e. The van der Waals surface area contributed by atoms with Gasteiger partial charge in [-0.3, -0.25) is 28.9 Å². The third-order valence-electron chi connectivity index (χ3n) is 5.06. The largest absolute Gasteiger partial charge is 0.493 e.